The van der Waals surface area contributed by atoms with E-state index in [1.807, 2.05) is 19.9 Å². The Kier molecular flexibility index (Phi) is 5.33. The summed E-state index contributed by atoms with van der Waals surface area (Å²) in [5.41, 5.74) is 0.509. The molecule has 5 heteroatoms. The molecule has 0 aromatic carbocycles. The van der Waals surface area contributed by atoms with Gasteiger partial charge in [0.2, 0.25) is 0 Å². The van der Waals surface area contributed by atoms with Crippen LogP contribution in [-0.4, -0.2) is 47.8 Å². The van der Waals surface area contributed by atoms with Crippen molar-refractivity contribution in [2.45, 2.75) is 26.7 Å². The number of nitrogens with one attached hydrogen (secondary N) is 2. The van der Waals surface area contributed by atoms with Crippen molar-refractivity contribution in [2.24, 2.45) is 0 Å². The maximum absolute atomic E-state index is 12.3. The summed E-state index contributed by atoms with van der Waals surface area (Å²) in [5, 5.41) is 5.02. The molecule has 0 bridgehead atoms. The lowest BCUT2D eigenvalue weighted by Crippen LogP contribution is -2.49. The molecular weight excluding hydrogens is 266 g/mol. The van der Waals surface area contributed by atoms with E-state index in [0.717, 1.165) is 36.5 Å². The molecule has 0 radical (unpaired) electrons. The van der Waals surface area contributed by atoms with Gasteiger partial charge in [-0.25, -0.2) is 0 Å². The van der Waals surface area contributed by atoms with Gasteiger partial charge in [-0.15, -0.1) is 0 Å². The zero-order valence-electron chi connectivity index (χ0n) is 12.7. The Morgan fingerprint density at radius 3 is 2.48 bits per heavy atom. The summed E-state index contributed by atoms with van der Waals surface area (Å²) in [6.07, 6.45) is 7.66. The zero-order chi connectivity index (χ0) is 15.2. The quantitative estimate of drug-likeness (QED) is 0.595. The summed E-state index contributed by atoms with van der Waals surface area (Å²) in [6.45, 7) is 6.72. The third-order valence-corrected chi connectivity index (χ3v) is 3.66. The predicted octanol–water partition coefficient (Wildman–Crippen LogP) is 0.0102. The average molecular weight is 289 g/mol. The number of H-pyrrole nitrogens is 1. The summed E-state index contributed by atoms with van der Waals surface area (Å²) in [5.74, 6) is -0.784. The minimum atomic E-state index is -0.397. The van der Waals surface area contributed by atoms with Crippen LogP contribution in [-0.2, 0) is 4.79 Å². The van der Waals surface area contributed by atoms with Crippen molar-refractivity contribution in [1.82, 2.24) is 15.2 Å². The van der Waals surface area contributed by atoms with Crippen LogP contribution in [0.4, 0.5) is 0 Å². The van der Waals surface area contributed by atoms with E-state index in [4.69, 9.17) is 0 Å². The van der Waals surface area contributed by atoms with Crippen molar-refractivity contribution in [1.29, 1.82) is 0 Å². The summed E-state index contributed by atoms with van der Waals surface area (Å²) in [7, 11) is 0. The first-order valence-corrected chi connectivity index (χ1v) is 7.69. The molecule has 1 aromatic heterocycles. The van der Waals surface area contributed by atoms with Crippen molar-refractivity contribution in [3.8, 4) is 0 Å². The molecule has 3 rings (SSSR count). The van der Waals surface area contributed by atoms with Crippen LogP contribution in [0.5, 0.6) is 0 Å². The Hall–Kier alpha value is -1.88. The molecule has 0 saturated carbocycles. The molecule has 1 aliphatic heterocycles. The number of aromatic amines is 1. The molecule has 114 valence electrons. The number of carbonyl (C=O) groups excluding carboxylic acids is 2. The number of aromatic nitrogens is 1. The lowest BCUT2D eigenvalue weighted by Gasteiger charge is -2.26. The number of fused-ring (bicyclic) bond motifs is 1. The van der Waals surface area contributed by atoms with E-state index in [0.29, 0.717) is 18.7 Å². The normalized spacial score (nSPS) is 16.8. The van der Waals surface area contributed by atoms with Gasteiger partial charge in [0.1, 0.15) is 0 Å². The van der Waals surface area contributed by atoms with E-state index in [2.05, 4.69) is 16.4 Å². The second-order valence-corrected chi connectivity index (χ2v) is 4.89. The summed E-state index contributed by atoms with van der Waals surface area (Å²) in [4.78, 5) is 29.2. The third kappa shape index (κ3) is 3.24. The van der Waals surface area contributed by atoms with Gasteiger partial charge in [0.05, 0.1) is 5.56 Å². The fourth-order valence-electron chi connectivity index (χ4n) is 2.61. The van der Waals surface area contributed by atoms with Gasteiger partial charge in [-0.1, -0.05) is 26.0 Å². The van der Waals surface area contributed by atoms with Crippen LogP contribution >= 0.6 is 0 Å². The number of hydrogen-bond acceptors (Lipinski definition) is 3. The largest absolute Gasteiger partial charge is 0.361 e. The van der Waals surface area contributed by atoms with Crippen LogP contribution < -0.4 is 15.9 Å². The molecule has 1 fully saturated rings. The number of carbonyl (C=O) groups is 2. The zero-order valence-corrected chi connectivity index (χ0v) is 12.7. The number of nitrogens with zero attached hydrogens (tertiary/aromatic N) is 1. The monoisotopic (exact) mass is 289 g/mol. The van der Waals surface area contributed by atoms with E-state index in [1.165, 1.54) is 0 Å². The van der Waals surface area contributed by atoms with Gasteiger partial charge in [0.15, 0.2) is 0 Å². The van der Waals surface area contributed by atoms with E-state index in [1.54, 1.807) is 11.1 Å². The van der Waals surface area contributed by atoms with Gasteiger partial charge in [-0.3, -0.25) is 9.59 Å². The first-order valence-electron chi connectivity index (χ1n) is 7.69. The highest BCUT2D eigenvalue weighted by Crippen LogP contribution is 2.02. The Balaban J connectivity index is 0.000000774. The van der Waals surface area contributed by atoms with E-state index in [9.17, 15) is 9.59 Å². The minimum Gasteiger partial charge on any atom is -0.361 e. The van der Waals surface area contributed by atoms with Crippen LogP contribution in [0.15, 0.2) is 6.20 Å². The van der Waals surface area contributed by atoms with Crippen molar-refractivity contribution in [3.63, 3.8) is 0 Å². The Morgan fingerprint density at radius 1 is 1.10 bits per heavy atom. The molecule has 2 heterocycles. The highest BCUT2D eigenvalue weighted by molar-refractivity contribution is 6.42. The molecule has 0 atom stereocenters. The molecule has 0 unspecified atom stereocenters. The lowest BCUT2D eigenvalue weighted by molar-refractivity contribution is -0.127. The van der Waals surface area contributed by atoms with E-state index < -0.39 is 5.78 Å². The smallest absolute Gasteiger partial charge is 0.295 e. The van der Waals surface area contributed by atoms with Gasteiger partial charge in [0, 0.05) is 42.9 Å². The number of piperazine rings is 1. The van der Waals surface area contributed by atoms with Crippen LogP contribution in [0.25, 0.3) is 12.2 Å². The summed E-state index contributed by atoms with van der Waals surface area (Å²) in [6, 6.07) is 0. The molecule has 2 N–H and O–H groups in total. The second-order valence-electron chi connectivity index (χ2n) is 4.89. The average Bonchev–Trinajstić information content (AvgIpc) is 3.00. The number of amides is 1. The minimum absolute atomic E-state index is 0.387. The molecule has 0 spiro atoms. The maximum Gasteiger partial charge on any atom is 0.295 e. The SMILES string of the molecule is CC.O=C(C(=O)N1CCNCC1)c1c[nH]c2c1=CCCC=2. The number of rotatable bonds is 2. The van der Waals surface area contributed by atoms with Crippen molar-refractivity contribution < 1.29 is 9.59 Å². The van der Waals surface area contributed by atoms with Crippen LogP contribution in [0.1, 0.15) is 37.0 Å². The first-order chi connectivity index (χ1) is 10.3. The molecule has 1 aliphatic carbocycles. The highest BCUT2D eigenvalue weighted by Gasteiger charge is 2.25. The number of Topliss-reactive ketones (excluding diaryl/α,β-unsaturated/α-hetero) is 1. The first kappa shape index (κ1) is 15.5. The van der Waals surface area contributed by atoms with Crippen LogP contribution in [0, 0.1) is 0 Å². The Labute approximate surface area is 124 Å². The van der Waals surface area contributed by atoms with Gasteiger partial charge >= 0.3 is 0 Å². The van der Waals surface area contributed by atoms with Gasteiger partial charge < -0.3 is 15.2 Å². The molecule has 21 heavy (non-hydrogen) atoms. The van der Waals surface area contributed by atoms with E-state index in [-0.39, 0.29) is 5.91 Å². The molecule has 5 nitrogen and oxygen atoms in total. The molecular formula is C16H23N3O2. The fraction of sp³-hybridized carbons (Fsp3) is 0.500. The standard InChI is InChI=1S/C14H17N3O2.C2H6/c18-13(14(19)17-7-5-15-6-8-17)11-9-16-12-4-2-1-3-10(11)12;1-2/h3-4,9,15-16H,1-2,5-8H2;1-2H3. The number of ketones is 1. The van der Waals surface area contributed by atoms with E-state index >= 15 is 0 Å². The maximum atomic E-state index is 12.3. The Morgan fingerprint density at radius 2 is 1.76 bits per heavy atom. The van der Waals surface area contributed by atoms with Gasteiger partial charge in [0.25, 0.3) is 11.7 Å². The Bertz CT molecular complexity index is 624. The third-order valence-electron chi connectivity index (χ3n) is 3.66. The second kappa shape index (κ2) is 7.22. The van der Waals surface area contributed by atoms with Crippen LogP contribution in [0.2, 0.25) is 0 Å². The van der Waals surface area contributed by atoms with Crippen LogP contribution in [0.3, 0.4) is 0 Å². The predicted molar refractivity (Wildman–Crippen MR) is 83.3 cm³/mol. The fourth-order valence-corrected chi connectivity index (χ4v) is 2.61. The van der Waals surface area contributed by atoms with Crippen molar-refractivity contribution >= 4 is 23.8 Å². The molecule has 1 saturated heterocycles. The van der Waals surface area contributed by atoms with Crippen molar-refractivity contribution in [2.75, 3.05) is 26.2 Å². The van der Waals surface area contributed by atoms with Gasteiger partial charge in [-0.2, -0.15) is 0 Å². The summed E-state index contributed by atoms with van der Waals surface area (Å²) >= 11 is 0. The molecule has 1 aromatic rings. The highest BCUT2D eigenvalue weighted by atomic mass is 16.2. The lowest BCUT2D eigenvalue weighted by atomic mass is 10.1. The van der Waals surface area contributed by atoms with Crippen molar-refractivity contribution in [3.05, 3.63) is 22.3 Å². The summed E-state index contributed by atoms with van der Waals surface area (Å²) < 4.78 is 0. The molecule has 1 amide bonds. The molecule has 2 aliphatic rings. The topological polar surface area (TPSA) is 65.2 Å². The van der Waals surface area contributed by atoms with Gasteiger partial charge in [-0.05, 0) is 12.8 Å². The number of hydrogen-bond donors (Lipinski definition) is 2.